The summed E-state index contributed by atoms with van der Waals surface area (Å²) in [6.45, 7) is 3.72. The summed E-state index contributed by atoms with van der Waals surface area (Å²) < 4.78 is 0. The second-order valence-electron chi connectivity index (χ2n) is 5.70. The fraction of sp³-hybridized carbons (Fsp3) is 0.150. The van der Waals surface area contributed by atoms with Crippen LogP contribution in [0.15, 0.2) is 65.9 Å². The molecule has 25 heavy (non-hydrogen) atoms. The van der Waals surface area contributed by atoms with E-state index in [2.05, 4.69) is 15.5 Å². The lowest BCUT2D eigenvalue weighted by Gasteiger charge is -2.06. The summed E-state index contributed by atoms with van der Waals surface area (Å²) in [6.07, 6.45) is 1.77. The number of para-hydroxylation sites is 1. The topological polar surface area (TPSA) is 63.6 Å². The van der Waals surface area contributed by atoms with Gasteiger partial charge in [-0.05, 0) is 30.7 Å². The van der Waals surface area contributed by atoms with E-state index in [4.69, 9.17) is 4.84 Å². The molecule has 1 N–H and O–H groups in total. The summed E-state index contributed by atoms with van der Waals surface area (Å²) in [5.74, 6) is -0.0924. The summed E-state index contributed by atoms with van der Waals surface area (Å²) in [5.41, 5.74) is 4.38. The van der Waals surface area contributed by atoms with E-state index in [0.29, 0.717) is 6.61 Å². The molecule has 5 heteroatoms. The van der Waals surface area contributed by atoms with Gasteiger partial charge in [-0.3, -0.25) is 9.78 Å². The molecule has 0 saturated carbocycles. The summed E-state index contributed by atoms with van der Waals surface area (Å²) in [4.78, 5) is 21.0. The molecular weight excluding hydrogens is 314 g/mol. The number of hydrogen-bond acceptors (Lipinski definition) is 4. The highest BCUT2D eigenvalue weighted by molar-refractivity contribution is 5.99. The third kappa shape index (κ3) is 4.20. The molecule has 3 aromatic rings. The van der Waals surface area contributed by atoms with E-state index < -0.39 is 0 Å². The van der Waals surface area contributed by atoms with Crippen LogP contribution in [0.1, 0.15) is 25.0 Å². The van der Waals surface area contributed by atoms with E-state index >= 15 is 0 Å². The molecule has 126 valence electrons. The summed E-state index contributed by atoms with van der Waals surface area (Å²) in [5, 5.41) is 8.01. The van der Waals surface area contributed by atoms with Crippen LogP contribution in [0.5, 0.6) is 0 Å². The Labute approximate surface area is 146 Å². The van der Waals surface area contributed by atoms with E-state index in [1.807, 2.05) is 61.5 Å². The van der Waals surface area contributed by atoms with Crippen molar-refractivity contribution < 1.29 is 9.63 Å². The number of benzene rings is 2. The van der Waals surface area contributed by atoms with E-state index in [1.54, 1.807) is 6.20 Å². The second kappa shape index (κ2) is 7.57. The van der Waals surface area contributed by atoms with Gasteiger partial charge in [-0.2, -0.15) is 0 Å². The number of amides is 1. The zero-order valence-electron chi connectivity index (χ0n) is 14.2. The Bertz CT molecular complexity index is 912. The van der Waals surface area contributed by atoms with Crippen molar-refractivity contribution in [3.63, 3.8) is 0 Å². The molecule has 0 aliphatic rings. The lowest BCUT2D eigenvalue weighted by atomic mass is 10.1. The van der Waals surface area contributed by atoms with Crippen molar-refractivity contribution in [2.45, 2.75) is 20.5 Å². The van der Waals surface area contributed by atoms with Gasteiger partial charge in [0.05, 0.1) is 11.2 Å². The van der Waals surface area contributed by atoms with Gasteiger partial charge in [-0.25, -0.2) is 0 Å². The van der Waals surface area contributed by atoms with Crippen LogP contribution in [-0.4, -0.2) is 16.6 Å². The maximum Gasteiger partial charge on any atom is 0.221 e. The molecule has 0 saturated heterocycles. The molecule has 0 atom stereocenters. The highest BCUT2D eigenvalue weighted by Crippen LogP contribution is 2.17. The van der Waals surface area contributed by atoms with Gasteiger partial charge in [0.15, 0.2) is 0 Å². The molecule has 0 spiro atoms. The number of pyridine rings is 1. The Balaban J connectivity index is 1.68. The minimum Gasteiger partial charge on any atom is -0.391 e. The van der Waals surface area contributed by atoms with Crippen molar-refractivity contribution >= 4 is 28.2 Å². The standard InChI is InChI=1S/C20H19N3O2/c1-14(16-8-10-19(11-9-16)22-15(2)24)23-25-13-18-6-3-5-17-7-4-12-21-20(17)18/h3-12H,13H2,1-2H3,(H,22,24). The van der Waals surface area contributed by atoms with Gasteiger partial charge in [-0.1, -0.05) is 41.6 Å². The molecule has 0 radical (unpaired) electrons. The molecule has 2 aromatic carbocycles. The average Bonchev–Trinajstić information content (AvgIpc) is 2.62. The monoisotopic (exact) mass is 333 g/mol. The minimum absolute atomic E-state index is 0.0924. The van der Waals surface area contributed by atoms with Crippen LogP contribution < -0.4 is 5.32 Å². The fourth-order valence-corrected chi connectivity index (χ4v) is 2.53. The van der Waals surface area contributed by atoms with Crippen molar-refractivity contribution in [1.29, 1.82) is 0 Å². The van der Waals surface area contributed by atoms with Gasteiger partial charge in [0.2, 0.25) is 5.91 Å². The zero-order chi connectivity index (χ0) is 17.6. The van der Waals surface area contributed by atoms with Crippen molar-refractivity contribution in [3.8, 4) is 0 Å². The molecule has 5 nitrogen and oxygen atoms in total. The van der Waals surface area contributed by atoms with Gasteiger partial charge in [0.1, 0.15) is 6.61 Å². The van der Waals surface area contributed by atoms with Gasteiger partial charge in [-0.15, -0.1) is 0 Å². The van der Waals surface area contributed by atoms with E-state index in [-0.39, 0.29) is 5.91 Å². The minimum atomic E-state index is -0.0924. The first-order valence-electron chi connectivity index (χ1n) is 8.01. The first kappa shape index (κ1) is 16.6. The number of carbonyl (C=O) groups is 1. The number of rotatable bonds is 5. The maximum atomic E-state index is 11.0. The molecule has 3 rings (SSSR count). The molecule has 0 unspecified atom stereocenters. The van der Waals surface area contributed by atoms with Crippen LogP contribution in [0.2, 0.25) is 0 Å². The predicted octanol–water partition coefficient (Wildman–Crippen LogP) is 4.13. The first-order valence-corrected chi connectivity index (χ1v) is 8.01. The Kier molecular flexibility index (Phi) is 5.04. The Hall–Kier alpha value is -3.21. The smallest absolute Gasteiger partial charge is 0.221 e. The number of anilines is 1. The number of fused-ring (bicyclic) bond motifs is 1. The highest BCUT2D eigenvalue weighted by Gasteiger charge is 2.03. The third-order valence-corrected chi connectivity index (χ3v) is 3.76. The molecule has 1 heterocycles. The third-order valence-electron chi connectivity index (χ3n) is 3.76. The van der Waals surface area contributed by atoms with Crippen molar-refractivity contribution in [2.24, 2.45) is 5.16 Å². The maximum absolute atomic E-state index is 11.0. The van der Waals surface area contributed by atoms with Crippen molar-refractivity contribution in [1.82, 2.24) is 4.98 Å². The Morgan fingerprint density at radius 3 is 2.60 bits per heavy atom. The summed E-state index contributed by atoms with van der Waals surface area (Å²) >= 11 is 0. The molecule has 1 aromatic heterocycles. The van der Waals surface area contributed by atoms with Crippen LogP contribution in [0.25, 0.3) is 10.9 Å². The lowest BCUT2D eigenvalue weighted by molar-refractivity contribution is -0.114. The Morgan fingerprint density at radius 2 is 1.84 bits per heavy atom. The quantitative estimate of drug-likeness (QED) is 0.564. The van der Waals surface area contributed by atoms with Crippen LogP contribution in [0.4, 0.5) is 5.69 Å². The van der Waals surface area contributed by atoms with Crippen LogP contribution in [0.3, 0.4) is 0 Å². The first-order chi connectivity index (χ1) is 12.1. The Morgan fingerprint density at radius 1 is 1.08 bits per heavy atom. The van der Waals surface area contributed by atoms with Gasteiger partial charge in [0.25, 0.3) is 0 Å². The van der Waals surface area contributed by atoms with Gasteiger partial charge < -0.3 is 10.2 Å². The van der Waals surface area contributed by atoms with Gasteiger partial charge >= 0.3 is 0 Å². The van der Waals surface area contributed by atoms with Crippen molar-refractivity contribution in [2.75, 3.05) is 5.32 Å². The number of aromatic nitrogens is 1. The van der Waals surface area contributed by atoms with Gasteiger partial charge in [0, 0.05) is 29.8 Å². The fourth-order valence-electron chi connectivity index (χ4n) is 2.53. The second-order valence-corrected chi connectivity index (χ2v) is 5.70. The molecule has 0 aliphatic carbocycles. The normalized spacial score (nSPS) is 11.4. The molecule has 1 amide bonds. The number of oxime groups is 1. The number of hydrogen-bond donors (Lipinski definition) is 1. The highest BCUT2D eigenvalue weighted by atomic mass is 16.6. The zero-order valence-corrected chi connectivity index (χ0v) is 14.2. The van der Waals surface area contributed by atoms with Crippen LogP contribution >= 0.6 is 0 Å². The molecular formula is C20H19N3O2. The number of nitrogens with one attached hydrogen (secondary N) is 1. The van der Waals surface area contributed by atoms with Crippen LogP contribution in [0, 0.1) is 0 Å². The van der Waals surface area contributed by atoms with E-state index in [1.165, 1.54) is 6.92 Å². The lowest BCUT2D eigenvalue weighted by Crippen LogP contribution is -2.06. The number of nitrogens with zero attached hydrogens (tertiary/aromatic N) is 2. The molecule has 0 bridgehead atoms. The van der Waals surface area contributed by atoms with E-state index in [0.717, 1.165) is 33.4 Å². The summed E-state index contributed by atoms with van der Waals surface area (Å²) in [6, 6.07) is 17.4. The van der Waals surface area contributed by atoms with Crippen molar-refractivity contribution in [3.05, 3.63) is 71.9 Å². The number of carbonyl (C=O) groups excluding carboxylic acids is 1. The summed E-state index contributed by atoms with van der Waals surface area (Å²) in [7, 11) is 0. The SMILES string of the molecule is CC(=O)Nc1ccc(C(C)=NOCc2cccc3cccnc23)cc1. The molecule has 0 aliphatic heterocycles. The van der Waals surface area contributed by atoms with E-state index in [9.17, 15) is 4.79 Å². The van der Waals surface area contributed by atoms with Crippen LogP contribution in [-0.2, 0) is 16.2 Å². The molecule has 0 fully saturated rings. The largest absolute Gasteiger partial charge is 0.391 e. The average molecular weight is 333 g/mol. The predicted molar refractivity (Wildman–Crippen MR) is 99.5 cm³/mol.